The van der Waals surface area contributed by atoms with E-state index in [1.54, 1.807) is 18.2 Å². The summed E-state index contributed by atoms with van der Waals surface area (Å²) in [7, 11) is 0. The molecule has 0 heterocycles. The molecule has 0 aliphatic rings. The molecule has 0 fully saturated rings. The average molecular weight is 381 g/mol. The quantitative estimate of drug-likeness (QED) is 0.638. The lowest BCUT2D eigenvalue weighted by Gasteiger charge is -2.11. The first-order chi connectivity index (χ1) is 11.9. The monoisotopic (exact) mass is 380 g/mol. The first-order valence-corrected chi connectivity index (χ1v) is 8.91. The molecule has 4 nitrogen and oxygen atoms in total. The summed E-state index contributed by atoms with van der Waals surface area (Å²) in [6.45, 7) is 5.04. The van der Waals surface area contributed by atoms with E-state index in [4.69, 9.17) is 27.9 Å². The summed E-state index contributed by atoms with van der Waals surface area (Å²) in [6.07, 6.45) is 0.987. The third-order valence-electron chi connectivity index (χ3n) is 3.45. The maximum atomic E-state index is 12.1. The lowest BCUT2D eigenvalue weighted by atomic mass is 10.1. The number of carbonyl (C=O) groups excluding carboxylic acids is 1. The van der Waals surface area contributed by atoms with Gasteiger partial charge in [-0.2, -0.15) is 0 Å². The van der Waals surface area contributed by atoms with Crippen molar-refractivity contribution in [2.75, 3.05) is 23.8 Å². The van der Waals surface area contributed by atoms with Crippen LogP contribution in [-0.2, 0) is 4.79 Å². The van der Waals surface area contributed by atoms with Gasteiger partial charge in [-0.05, 0) is 42.7 Å². The number of nitrogens with one attached hydrogen (secondary N) is 2. The Morgan fingerprint density at radius 2 is 1.96 bits per heavy atom. The van der Waals surface area contributed by atoms with Crippen molar-refractivity contribution in [3.8, 4) is 5.75 Å². The summed E-state index contributed by atoms with van der Waals surface area (Å²) in [6, 6.07) is 12.4. The van der Waals surface area contributed by atoms with Crippen LogP contribution in [0.25, 0.3) is 0 Å². The summed E-state index contributed by atoms with van der Waals surface area (Å²) in [4.78, 5) is 12.1. The second-order valence-corrected chi connectivity index (χ2v) is 6.93. The van der Waals surface area contributed by atoms with Gasteiger partial charge in [0.05, 0.1) is 23.9 Å². The molecule has 0 radical (unpaired) electrons. The minimum atomic E-state index is -0.185. The Hall–Kier alpha value is -1.91. The van der Waals surface area contributed by atoms with Gasteiger partial charge in [0, 0.05) is 16.8 Å². The lowest BCUT2D eigenvalue weighted by Crippen LogP contribution is -2.21. The third-order valence-corrected chi connectivity index (χ3v) is 4.01. The van der Waals surface area contributed by atoms with Crippen molar-refractivity contribution in [1.82, 2.24) is 0 Å². The fourth-order valence-electron chi connectivity index (χ4n) is 2.09. The van der Waals surface area contributed by atoms with Crippen LogP contribution in [0.1, 0.15) is 20.3 Å². The third kappa shape index (κ3) is 6.85. The van der Waals surface area contributed by atoms with Crippen molar-refractivity contribution in [3.63, 3.8) is 0 Å². The minimum absolute atomic E-state index is 0.0818. The average Bonchev–Trinajstić information content (AvgIpc) is 2.56. The van der Waals surface area contributed by atoms with Gasteiger partial charge in [-0.3, -0.25) is 4.79 Å². The summed E-state index contributed by atoms with van der Waals surface area (Å²) in [5.74, 6) is 1.15. The van der Waals surface area contributed by atoms with Crippen molar-refractivity contribution >= 4 is 40.5 Å². The number of hydrogen-bond acceptors (Lipinski definition) is 3. The highest BCUT2D eigenvalue weighted by Crippen LogP contribution is 2.25. The molecule has 0 unspecified atom stereocenters. The van der Waals surface area contributed by atoms with Gasteiger partial charge in [-0.15, -0.1) is 0 Å². The first kappa shape index (κ1) is 19.4. The topological polar surface area (TPSA) is 50.4 Å². The molecule has 0 bridgehead atoms. The maximum absolute atomic E-state index is 12.1. The molecule has 134 valence electrons. The molecular weight excluding hydrogens is 359 g/mol. The number of carbonyl (C=O) groups is 1. The highest BCUT2D eigenvalue weighted by atomic mass is 35.5. The molecule has 0 aliphatic heterocycles. The van der Waals surface area contributed by atoms with E-state index in [0.717, 1.165) is 12.2 Å². The molecule has 2 N–H and O–H groups in total. The van der Waals surface area contributed by atoms with Gasteiger partial charge >= 0.3 is 0 Å². The van der Waals surface area contributed by atoms with Crippen LogP contribution in [0.15, 0.2) is 42.5 Å². The molecular formula is C19H22Cl2N2O2. The van der Waals surface area contributed by atoms with Crippen LogP contribution in [0.4, 0.5) is 11.4 Å². The predicted molar refractivity (Wildman–Crippen MR) is 105 cm³/mol. The number of anilines is 2. The van der Waals surface area contributed by atoms with Crippen molar-refractivity contribution in [2.24, 2.45) is 5.92 Å². The molecule has 2 rings (SSSR count). The van der Waals surface area contributed by atoms with Crippen molar-refractivity contribution in [2.45, 2.75) is 20.3 Å². The van der Waals surface area contributed by atoms with Gasteiger partial charge in [-0.1, -0.05) is 43.1 Å². The Kier molecular flexibility index (Phi) is 7.41. The molecule has 0 saturated heterocycles. The van der Waals surface area contributed by atoms with Crippen LogP contribution in [0.3, 0.4) is 0 Å². The molecule has 2 aromatic carbocycles. The molecule has 2 aromatic rings. The zero-order valence-corrected chi connectivity index (χ0v) is 15.8. The van der Waals surface area contributed by atoms with Crippen LogP contribution in [-0.4, -0.2) is 19.1 Å². The van der Waals surface area contributed by atoms with E-state index in [-0.39, 0.29) is 12.5 Å². The Morgan fingerprint density at radius 3 is 2.72 bits per heavy atom. The normalized spacial score (nSPS) is 10.6. The summed E-state index contributed by atoms with van der Waals surface area (Å²) >= 11 is 12.0. The Bertz CT molecular complexity index is 720. The van der Waals surface area contributed by atoms with E-state index in [1.165, 1.54) is 0 Å². The van der Waals surface area contributed by atoms with Gasteiger partial charge in [0.15, 0.2) is 0 Å². The standard InChI is InChI=1S/C19H22Cl2N2O2/c1-13(2)8-9-25-16-5-3-4-15(11-16)23-19(24)12-22-18-10-14(20)6-7-17(18)21/h3-7,10-11,13,22H,8-9,12H2,1-2H3,(H,23,24). The van der Waals surface area contributed by atoms with Gasteiger partial charge in [-0.25, -0.2) is 0 Å². The number of amides is 1. The number of halogens is 2. The maximum Gasteiger partial charge on any atom is 0.243 e. The Labute approximate surface area is 158 Å². The number of rotatable bonds is 8. The number of benzene rings is 2. The van der Waals surface area contributed by atoms with Crippen molar-refractivity contribution < 1.29 is 9.53 Å². The van der Waals surface area contributed by atoms with Crippen molar-refractivity contribution in [3.05, 3.63) is 52.5 Å². The van der Waals surface area contributed by atoms with Crippen LogP contribution >= 0.6 is 23.2 Å². The highest BCUT2D eigenvalue weighted by molar-refractivity contribution is 6.35. The van der Waals surface area contributed by atoms with Crippen molar-refractivity contribution in [1.29, 1.82) is 0 Å². The largest absolute Gasteiger partial charge is 0.494 e. The molecule has 0 spiro atoms. The first-order valence-electron chi connectivity index (χ1n) is 8.15. The van der Waals surface area contributed by atoms with Crippen LogP contribution in [0, 0.1) is 5.92 Å². The Morgan fingerprint density at radius 1 is 1.16 bits per heavy atom. The van der Waals surface area contributed by atoms with E-state index < -0.39 is 0 Å². The molecule has 25 heavy (non-hydrogen) atoms. The van der Waals surface area contributed by atoms with E-state index in [2.05, 4.69) is 24.5 Å². The minimum Gasteiger partial charge on any atom is -0.494 e. The zero-order valence-electron chi connectivity index (χ0n) is 14.3. The van der Waals surface area contributed by atoms with E-state index in [9.17, 15) is 4.79 Å². The molecule has 0 saturated carbocycles. The smallest absolute Gasteiger partial charge is 0.243 e. The van der Waals surface area contributed by atoms with Gasteiger partial charge in [0.1, 0.15) is 5.75 Å². The zero-order chi connectivity index (χ0) is 18.2. The number of ether oxygens (including phenoxy) is 1. The summed E-state index contributed by atoms with van der Waals surface area (Å²) in [5.41, 5.74) is 1.31. The fourth-order valence-corrected chi connectivity index (χ4v) is 2.45. The van der Waals surface area contributed by atoms with Crippen LogP contribution in [0.5, 0.6) is 5.75 Å². The van der Waals surface area contributed by atoms with E-state index in [0.29, 0.717) is 33.9 Å². The fraction of sp³-hybridized carbons (Fsp3) is 0.316. The molecule has 0 aromatic heterocycles. The van der Waals surface area contributed by atoms with E-state index in [1.807, 2.05) is 24.3 Å². The number of hydrogen-bond donors (Lipinski definition) is 2. The predicted octanol–water partition coefficient (Wildman–Crippen LogP) is 5.47. The SMILES string of the molecule is CC(C)CCOc1cccc(NC(=O)CNc2cc(Cl)ccc2Cl)c1. The molecule has 1 amide bonds. The van der Waals surface area contributed by atoms with Crippen LogP contribution in [0.2, 0.25) is 10.0 Å². The van der Waals surface area contributed by atoms with Gasteiger partial charge < -0.3 is 15.4 Å². The molecule has 0 aliphatic carbocycles. The van der Waals surface area contributed by atoms with E-state index >= 15 is 0 Å². The highest BCUT2D eigenvalue weighted by Gasteiger charge is 2.06. The lowest BCUT2D eigenvalue weighted by molar-refractivity contribution is -0.114. The second-order valence-electron chi connectivity index (χ2n) is 6.08. The Balaban J connectivity index is 1.86. The summed E-state index contributed by atoms with van der Waals surface area (Å²) in [5, 5.41) is 6.87. The van der Waals surface area contributed by atoms with Crippen LogP contribution < -0.4 is 15.4 Å². The second kappa shape index (κ2) is 9.54. The van der Waals surface area contributed by atoms with Gasteiger partial charge in [0.25, 0.3) is 0 Å². The molecule has 6 heteroatoms. The molecule has 0 atom stereocenters. The van der Waals surface area contributed by atoms with Gasteiger partial charge in [0.2, 0.25) is 5.91 Å². The summed E-state index contributed by atoms with van der Waals surface area (Å²) < 4.78 is 5.70.